The van der Waals surface area contributed by atoms with Gasteiger partial charge in [0.1, 0.15) is 6.54 Å². The van der Waals surface area contributed by atoms with E-state index in [4.69, 9.17) is 4.74 Å². The van der Waals surface area contributed by atoms with Crippen LogP contribution in [0.1, 0.15) is 45.1 Å². The molecule has 1 amide bonds. The highest BCUT2D eigenvalue weighted by atomic mass is 32.2. The minimum Gasteiger partial charge on any atom is -0.465 e. The molecular weight excluding hydrogens is 438 g/mol. The summed E-state index contributed by atoms with van der Waals surface area (Å²) in [6, 6.07) is 6.04. The van der Waals surface area contributed by atoms with E-state index in [1.165, 1.54) is 27.5 Å². The molecule has 0 bridgehead atoms. The molecule has 1 aliphatic rings. The molecule has 0 atom stereocenters. The van der Waals surface area contributed by atoms with Crippen LogP contribution in [-0.4, -0.2) is 55.1 Å². The van der Waals surface area contributed by atoms with Crippen LogP contribution in [0, 0.1) is 5.92 Å². The first-order valence-corrected chi connectivity index (χ1v) is 13.1. The van der Waals surface area contributed by atoms with Crippen molar-refractivity contribution < 1.29 is 22.7 Å². The Morgan fingerprint density at radius 2 is 1.94 bits per heavy atom. The fraction of sp³-hybridized carbons (Fsp3) is 0.571. The summed E-state index contributed by atoms with van der Waals surface area (Å²) in [4.78, 5) is 29.9. The van der Waals surface area contributed by atoms with E-state index >= 15 is 0 Å². The second kappa shape index (κ2) is 9.62. The quantitative estimate of drug-likeness (QED) is 0.608. The summed E-state index contributed by atoms with van der Waals surface area (Å²) in [5.41, 5.74) is 2.00. The maximum Gasteiger partial charge on any atom is 0.326 e. The van der Waals surface area contributed by atoms with Crippen LogP contribution in [0.4, 0.5) is 0 Å². The summed E-state index contributed by atoms with van der Waals surface area (Å²) in [5.74, 6) is -0.635. The van der Waals surface area contributed by atoms with Crippen molar-refractivity contribution in [2.45, 2.75) is 46.1 Å². The molecule has 2 heterocycles. The van der Waals surface area contributed by atoms with Crippen molar-refractivity contribution in [3.63, 3.8) is 0 Å². The Morgan fingerprint density at radius 1 is 1.26 bits per heavy atom. The molecule has 31 heavy (non-hydrogen) atoms. The number of benzene rings is 1. The molecule has 1 aromatic carbocycles. The predicted molar refractivity (Wildman–Crippen MR) is 120 cm³/mol. The Kier molecular flexibility index (Phi) is 7.33. The maximum atomic E-state index is 12.9. The number of amides is 1. The number of ether oxygens (including phenoxy) is 1. The van der Waals surface area contributed by atoms with E-state index < -0.39 is 10.0 Å². The predicted octanol–water partition coefficient (Wildman–Crippen LogP) is 2.49. The number of carbonyl (C=O) groups excluding carboxylic acids is 2. The van der Waals surface area contributed by atoms with Crippen LogP contribution in [0.2, 0.25) is 0 Å². The number of hydrogen-bond acceptors (Lipinski definition) is 6. The van der Waals surface area contributed by atoms with Crippen LogP contribution in [0.5, 0.6) is 0 Å². The van der Waals surface area contributed by atoms with Gasteiger partial charge in [-0.05, 0) is 43.4 Å². The zero-order valence-corrected chi connectivity index (χ0v) is 20.0. The monoisotopic (exact) mass is 467 g/mol. The summed E-state index contributed by atoms with van der Waals surface area (Å²) >= 11 is 1.37. The third kappa shape index (κ3) is 5.61. The molecule has 10 heteroatoms. The molecule has 0 N–H and O–H groups in total. The molecule has 1 aromatic heterocycles. The second-order valence-corrected chi connectivity index (χ2v) is 11.0. The van der Waals surface area contributed by atoms with E-state index in [0.717, 1.165) is 10.2 Å². The number of fused-ring (bicyclic) bond motifs is 1. The molecule has 1 fully saturated rings. The summed E-state index contributed by atoms with van der Waals surface area (Å²) in [5, 5.41) is 0. The van der Waals surface area contributed by atoms with Crippen LogP contribution in [0.3, 0.4) is 0 Å². The van der Waals surface area contributed by atoms with Gasteiger partial charge in [0.15, 0.2) is 4.80 Å². The molecule has 0 unspecified atom stereocenters. The Labute approximate surface area is 186 Å². The van der Waals surface area contributed by atoms with Crippen molar-refractivity contribution in [2.24, 2.45) is 10.9 Å². The van der Waals surface area contributed by atoms with Crippen LogP contribution in [0.25, 0.3) is 10.2 Å². The van der Waals surface area contributed by atoms with Crippen LogP contribution in [-0.2, 0) is 30.9 Å². The van der Waals surface area contributed by atoms with Crippen LogP contribution in [0.15, 0.2) is 23.2 Å². The Balaban J connectivity index is 1.94. The van der Waals surface area contributed by atoms with Crippen LogP contribution >= 0.6 is 11.3 Å². The number of piperidine rings is 1. The van der Waals surface area contributed by atoms with Gasteiger partial charge in [0.2, 0.25) is 10.0 Å². The zero-order valence-electron chi connectivity index (χ0n) is 18.3. The van der Waals surface area contributed by atoms with Gasteiger partial charge in [-0.3, -0.25) is 9.59 Å². The highest BCUT2D eigenvalue weighted by Gasteiger charge is 2.29. The molecule has 1 saturated heterocycles. The number of hydrogen-bond donors (Lipinski definition) is 0. The number of rotatable bonds is 6. The fourth-order valence-corrected chi connectivity index (χ4v) is 5.60. The van der Waals surface area contributed by atoms with Crippen molar-refractivity contribution in [3.8, 4) is 0 Å². The Hall–Kier alpha value is -2.04. The van der Waals surface area contributed by atoms with Gasteiger partial charge in [-0.1, -0.05) is 31.3 Å². The Morgan fingerprint density at radius 3 is 2.52 bits per heavy atom. The van der Waals surface area contributed by atoms with Gasteiger partial charge in [0, 0.05) is 19.0 Å². The van der Waals surface area contributed by atoms with Gasteiger partial charge in [-0.25, -0.2) is 12.7 Å². The molecule has 0 radical (unpaired) electrons. The summed E-state index contributed by atoms with van der Waals surface area (Å²) in [7, 11) is -3.25. The number of sulfonamides is 1. The first kappa shape index (κ1) is 23.6. The molecule has 170 valence electrons. The third-order valence-corrected chi connectivity index (χ3v) is 7.79. The van der Waals surface area contributed by atoms with E-state index in [1.54, 1.807) is 11.5 Å². The van der Waals surface area contributed by atoms with E-state index in [9.17, 15) is 18.0 Å². The van der Waals surface area contributed by atoms with Gasteiger partial charge in [-0.15, -0.1) is 0 Å². The van der Waals surface area contributed by atoms with Gasteiger partial charge in [0.05, 0.1) is 23.1 Å². The largest absolute Gasteiger partial charge is 0.465 e. The molecule has 0 aliphatic carbocycles. The smallest absolute Gasteiger partial charge is 0.326 e. The van der Waals surface area contributed by atoms with E-state index in [0.29, 0.717) is 36.7 Å². The van der Waals surface area contributed by atoms with Crippen molar-refractivity contribution in [3.05, 3.63) is 28.6 Å². The topological polar surface area (TPSA) is 98.0 Å². The second-order valence-electron chi connectivity index (χ2n) is 8.04. The highest BCUT2D eigenvalue weighted by molar-refractivity contribution is 7.88. The third-order valence-electron chi connectivity index (χ3n) is 5.44. The zero-order chi connectivity index (χ0) is 22.8. The molecule has 2 aromatic rings. The van der Waals surface area contributed by atoms with E-state index in [2.05, 4.69) is 24.9 Å². The lowest BCUT2D eigenvalue weighted by molar-refractivity contribution is -0.143. The van der Waals surface area contributed by atoms with Crippen molar-refractivity contribution in [2.75, 3.05) is 26.0 Å². The number of nitrogens with zero attached hydrogens (tertiary/aromatic N) is 3. The minimum absolute atomic E-state index is 0.0203. The number of thiazole rings is 1. The normalized spacial score (nSPS) is 16.9. The number of carbonyl (C=O) groups is 2. The molecule has 3 rings (SSSR count). The molecule has 0 saturated carbocycles. The van der Waals surface area contributed by atoms with E-state index in [1.807, 2.05) is 12.1 Å². The molecule has 0 spiro atoms. The lowest BCUT2D eigenvalue weighted by Gasteiger charge is -2.28. The SMILES string of the molecule is CCOC(=O)Cn1c(=NC(=O)C2CCN(S(C)(=O)=O)CC2)sc2cc(C(C)C)ccc21. The van der Waals surface area contributed by atoms with Crippen molar-refractivity contribution in [1.29, 1.82) is 0 Å². The standard InChI is InChI=1S/C21H29N3O5S2/c1-5-29-19(25)13-24-17-7-6-16(14(2)3)12-18(17)30-21(24)22-20(26)15-8-10-23(11-9-15)31(4,27)28/h6-7,12,14-15H,5,8-11,13H2,1-4H3. The summed E-state index contributed by atoms with van der Waals surface area (Å²) in [6.45, 7) is 6.87. The summed E-state index contributed by atoms with van der Waals surface area (Å²) in [6.07, 6.45) is 2.06. The van der Waals surface area contributed by atoms with Gasteiger partial charge in [-0.2, -0.15) is 4.99 Å². The lowest BCUT2D eigenvalue weighted by Crippen LogP contribution is -2.39. The molecular formula is C21H29N3O5S2. The van der Waals surface area contributed by atoms with Crippen molar-refractivity contribution >= 4 is 43.5 Å². The lowest BCUT2D eigenvalue weighted by atomic mass is 9.98. The number of aromatic nitrogens is 1. The van der Waals surface area contributed by atoms with Gasteiger partial charge >= 0.3 is 5.97 Å². The molecule has 1 aliphatic heterocycles. The average Bonchev–Trinajstić information content (AvgIpc) is 3.03. The average molecular weight is 468 g/mol. The fourth-order valence-electron chi connectivity index (χ4n) is 3.64. The van der Waals surface area contributed by atoms with Crippen LogP contribution < -0.4 is 4.80 Å². The first-order chi connectivity index (χ1) is 14.6. The highest BCUT2D eigenvalue weighted by Crippen LogP contribution is 2.24. The van der Waals surface area contributed by atoms with Gasteiger partial charge < -0.3 is 9.30 Å². The molecule has 8 nitrogen and oxygen atoms in total. The Bertz CT molecular complexity index is 1140. The minimum atomic E-state index is -3.25. The summed E-state index contributed by atoms with van der Waals surface area (Å²) < 4.78 is 32.6. The first-order valence-electron chi connectivity index (χ1n) is 10.4. The van der Waals surface area contributed by atoms with Gasteiger partial charge in [0.25, 0.3) is 5.91 Å². The van der Waals surface area contributed by atoms with Crippen molar-refractivity contribution in [1.82, 2.24) is 8.87 Å². The maximum absolute atomic E-state index is 12.9. The van der Waals surface area contributed by atoms with E-state index in [-0.39, 0.29) is 30.9 Å². The number of esters is 1.